The van der Waals surface area contributed by atoms with Crippen LogP contribution in [0.4, 0.5) is 5.69 Å². The molecule has 3 aromatic carbocycles. The van der Waals surface area contributed by atoms with Gasteiger partial charge in [0.2, 0.25) is 0 Å². The number of benzene rings is 3. The first-order valence-electron chi connectivity index (χ1n) is 11.9. The van der Waals surface area contributed by atoms with E-state index in [4.69, 9.17) is 4.74 Å². The van der Waals surface area contributed by atoms with Crippen molar-refractivity contribution < 1.29 is 19.4 Å². The maximum atomic E-state index is 13.4. The first-order valence-corrected chi connectivity index (χ1v) is 11.9. The van der Waals surface area contributed by atoms with Gasteiger partial charge in [0.15, 0.2) is 0 Å². The molecule has 0 radical (unpaired) electrons. The zero-order chi connectivity index (χ0) is 25.3. The van der Waals surface area contributed by atoms with E-state index in [1.165, 1.54) is 4.90 Å². The fraction of sp³-hybridized carbons (Fsp3) is 0.267. The second-order valence-electron chi connectivity index (χ2n) is 9.24. The number of aliphatic hydroxyl groups is 1. The van der Waals surface area contributed by atoms with E-state index >= 15 is 0 Å². The summed E-state index contributed by atoms with van der Waals surface area (Å²) in [4.78, 5) is 28.3. The van der Waals surface area contributed by atoms with E-state index in [-0.39, 0.29) is 11.3 Å². The van der Waals surface area contributed by atoms with E-state index in [9.17, 15) is 14.7 Å². The number of ether oxygens (including phenoxy) is 1. The average molecular weight is 470 g/mol. The van der Waals surface area contributed by atoms with Crippen LogP contribution in [0.1, 0.15) is 60.5 Å². The van der Waals surface area contributed by atoms with Crippen LogP contribution in [-0.2, 0) is 9.59 Å². The molecule has 0 bridgehead atoms. The SMILES string of the molecule is CCOc1ccc(C2/C(=C(\O)c3cc(C)ccc3C)C(=O)C(=O)N2c2ccc(C(C)C)cc2)cc1. The minimum absolute atomic E-state index is 0.0841. The topological polar surface area (TPSA) is 66.8 Å². The number of rotatable bonds is 6. The number of ketones is 1. The number of carbonyl (C=O) groups excluding carboxylic acids is 2. The second-order valence-corrected chi connectivity index (χ2v) is 9.24. The first kappa shape index (κ1) is 24.3. The van der Waals surface area contributed by atoms with Crippen LogP contribution in [0.2, 0.25) is 0 Å². The highest BCUT2D eigenvalue weighted by atomic mass is 16.5. The summed E-state index contributed by atoms with van der Waals surface area (Å²) in [5.41, 5.74) is 4.87. The van der Waals surface area contributed by atoms with Crippen molar-refractivity contribution in [2.24, 2.45) is 0 Å². The highest BCUT2D eigenvalue weighted by Crippen LogP contribution is 2.43. The van der Waals surface area contributed by atoms with E-state index < -0.39 is 17.7 Å². The Morgan fingerprint density at radius 2 is 1.63 bits per heavy atom. The lowest BCUT2D eigenvalue weighted by Gasteiger charge is -2.26. The molecule has 5 nitrogen and oxygen atoms in total. The molecule has 1 atom stereocenters. The van der Waals surface area contributed by atoms with Gasteiger partial charge in [0.05, 0.1) is 18.2 Å². The van der Waals surface area contributed by atoms with Crippen molar-refractivity contribution in [3.63, 3.8) is 0 Å². The monoisotopic (exact) mass is 469 g/mol. The van der Waals surface area contributed by atoms with Gasteiger partial charge in [0.1, 0.15) is 11.5 Å². The molecule has 35 heavy (non-hydrogen) atoms. The molecular weight excluding hydrogens is 438 g/mol. The van der Waals surface area contributed by atoms with Crippen LogP contribution in [0.3, 0.4) is 0 Å². The summed E-state index contributed by atoms with van der Waals surface area (Å²) in [6.45, 7) is 10.5. The molecule has 4 rings (SSSR count). The summed E-state index contributed by atoms with van der Waals surface area (Å²) in [7, 11) is 0. The second kappa shape index (κ2) is 9.79. The van der Waals surface area contributed by atoms with E-state index in [0.29, 0.717) is 35.1 Å². The van der Waals surface area contributed by atoms with Crippen molar-refractivity contribution in [1.29, 1.82) is 0 Å². The van der Waals surface area contributed by atoms with Gasteiger partial charge in [-0.25, -0.2) is 0 Å². The number of anilines is 1. The highest BCUT2D eigenvalue weighted by molar-refractivity contribution is 6.51. The summed E-state index contributed by atoms with van der Waals surface area (Å²) in [5, 5.41) is 11.4. The fourth-order valence-electron chi connectivity index (χ4n) is 4.48. The number of hydrogen-bond donors (Lipinski definition) is 1. The Labute approximate surface area is 206 Å². The Hall–Kier alpha value is -3.86. The molecule has 1 N–H and O–H groups in total. The number of hydrogen-bond acceptors (Lipinski definition) is 4. The molecule has 1 aliphatic rings. The van der Waals surface area contributed by atoms with Crippen molar-refractivity contribution in [3.05, 3.63) is 100 Å². The van der Waals surface area contributed by atoms with E-state index in [1.807, 2.05) is 87.5 Å². The average Bonchev–Trinajstić information content (AvgIpc) is 3.11. The smallest absolute Gasteiger partial charge is 0.300 e. The largest absolute Gasteiger partial charge is 0.507 e. The Morgan fingerprint density at radius 1 is 0.971 bits per heavy atom. The van der Waals surface area contributed by atoms with Gasteiger partial charge in [-0.2, -0.15) is 0 Å². The van der Waals surface area contributed by atoms with Crippen molar-refractivity contribution in [3.8, 4) is 5.75 Å². The number of nitrogens with zero attached hydrogens (tertiary/aromatic N) is 1. The third-order valence-electron chi connectivity index (χ3n) is 6.44. The quantitative estimate of drug-likeness (QED) is 0.256. The van der Waals surface area contributed by atoms with Crippen LogP contribution in [0, 0.1) is 13.8 Å². The maximum absolute atomic E-state index is 13.4. The normalized spacial score (nSPS) is 17.3. The van der Waals surface area contributed by atoms with Crippen LogP contribution in [0.5, 0.6) is 5.75 Å². The summed E-state index contributed by atoms with van der Waals surface area (Å²) in [5.74, 6) is -0.484. The van der Waals surface area contributed by atoms with Crippen LogP contribution in [-0.4, -0.2) is 23.4 Å². The zero-order valence-corrected chi connectivity index (χ0v) is 20.8. The molecule has 5 heteroatoms. The van der Waals surface area contributed by atoms with E-state index in [1.54, 1.807) is 0 Å². The molecule has 1 amide bonds. The lowest BCUT2D eigenvalue weighted by molar-refractivity contribution is -0.132. The van der Waals surface area contributed by atoms with Gasteiger partial charge in [-0.05, 0) is 73.7 Å². The van der Waals surface area contributed by atoms with Crippen LogP contribution < -0.4 is 9.64 Å². The summed E-state index contributed by atoms with van der Waals surface area (Å²) < 4.78 is 5.58. The minimum Gasteiger partial charge on any atom is -0.507 e. The first-order chi connectivity index (χ1) is 16.7. The zero-order valence-electron chi connectivity index (χ0n) is 20.8. The molecule has 1 aliphatic heterocycles. The highest BCUT2D eigenvalue weighted by Gasteiger charge is 2.47. The van der Waals surface area contributed by atoms with E-state index in [2.05, 4.69) is 13.8 Å². The van der Waals surface area contributed by atoms with Crippen LogP contribution in [0.25, 0.3) is 5.76 Å². The fourth-order valence-corrected chi connectivity index (χ4v) is 4.48. The third-order valence-corrected chi connectivity index (χ3v) is 6.44. The minimum atomic E-state index is -0.768. The van der Waals surface area contributed by atoms with Gasteiger partial charge in [0.25, 0.3) is 11.7 Å². The molecule has 0 spiro atoms. The predicted molar refractivity (Wildman–Crippen MR) is 139 cm³/mol. The Morgan fingerprint density at radius 3 is 2.23 bits per heavy atom. The molecule has 0 aromatic heterocycles. The number of Topliss-reactive ketones (excluding diaryl/α,β-unsaturated/α-hetero) is 1. The Bertz CT molecular complexity index is 1290. The van der Waals surface area contributed by atoms with Gasteiger partial charge in [-0.15, -0.1) is 0 Å². The number of aliphatic hydroxyl groups excluding tert-OH is 1. The van der Waals surface area contributed by atoms with Crippen molar-refractivity contribution in [2.75, 3.05) is 11.5 Å². The van der Waals surface area contributed by atoms with Gasteiger partial charge < -0.3 is 9.84 Å². The Balaban J connectivity index is 1.91. The van der Waals surface area contributed by atoms with Gasteiger partial charge in [0, 0.05) is 11.3 Å². The number of amides is 1. The molecule has 0 aliphatic carbocycles. The molecule has 180 valence electrons. The molecular formula is C30H31NO4. The molecule has 1 fully saturated rings. The maximum Gasteiger partial charge on any atom is 0.300 e. The molecule has 1 saturated heterocycles. The van der Waals surface area contributed by atoms with Crippen LogP contribution >= 0.6 is 0 Å². The third kappa shape index (κ3) is 4.59. The van der Waals surface area contributed by atoms with Crippen molar-refractivity contribution in [2.45, 2.75) is 46.6 Å². The molecule has 1 unspecified atom stereocenters. The van der Waals surface area contributed by atoms with Gasteiger partial charge in [-0.1, -0.05) is 55.8 Å². The molecule has 3 aromatic rings. The van der Waals surface area contributed by atoms with E-state index in [0.717, 1.165) is 16.7 Å². The standard InChI is InChI=1S/C30H31NO4/c1-6-35-24-15-11-22(12-16-24)27-26(28(32)25-17-19(4)7-8-20(25)5)29(33)30(34)31(27)23-13-9-21(10-14-23)18(2)3/h7-18,27,32H,6H2,1-5H3/b28-26+. The number of aryl methyl sites for hydroxylation is 2. The van der Waals surface area contributed by atoms with Gasteiger partial charge >= 0.3 is 0 Å². The molecule has 0 saturated carbocycles. The Kier molecular flexibility index (Phi) is 6.79. The molecule has 1 heterocycles. The lowest BCUT2D eigenvalue weighted by atomic mass is 9.93. The van der Waals surface area contributed by atoms with Crippen LogP contribution in [0.15, 0.2) is 72.3 Å². The summed E-state index contributed by atoms with van der Waals surface area (Å²) in [6.07, 6.45) is 0. The predicted octanol–water partition coefficient (Wildman–Crippen LogP) is 6.45. The van der Waals surface area contributed by atoms with Crippen molar-refractivity contribution >= 4 is 23.1 Å². The van der Waals surface area contributed by atoms with Gasteiger partial charge in [-0.3, -0.25) is 14.5 Å². The van der Waals surface area contributed by atoms with Crippen molar-refractivity contribution in [1.82, 2.24) is 0 Å². The lowest BCUT2D eigenvalue weighted by Crippen LogP contribution is -2.29. The number of carbonyl (C=O) groups is 2. The summed E-state index contributed by atoms with van der Waals surface area (Å²) in [6, 6.07) is 19.9. The summed E-state index contributed by atoms with van der Waals surface area (Å²) >= 11 is 0.